The predicted molar refractivity (Wildman–Crippen MR) is 105 cm³/mol. The SMILES string of the molecule is CF.CF.CF.Fc1cc(F)cc(B(c2ccc(F)c(F)c2F)c2c(F)cc(F)c(F)c2F)c1. The molecule has 0 spiro atoms. The van der Waals surface area contributed by atoms with E-state index in [0.29, 0.717) is 51.9 Å². The molecule has 0 saturated carbocycles. The molecule has 0 nitrogen and oxygen atoms in total. The summed E-state index contributed by atoms with van der Waals surface area (Å²) in [6, 6.07) is 2.38. The molecule has 0 saturated heterocycles. The molecule has 0 atom stereocenters. The molecule has 0 fully saturated rings. The van der Waals surface area contributed by atoms with Crippen LogP contribution in [0.25, 0.3) is 0 Å². The summed E-state index contributed by atoms with van der Waals surface area (Å²) in [5, 5.41) is 0. The second-order valence-corrected chi connectivity index (χ2v) is 5.78. The smallest absolute Gasteiger partial charge is 0.253 e. The molecule has 34 heavy (non-hydrogen) atoms. The Kier molecular flexibility index (Phi) is 12.9. The average Bonchev–Trinajstić information content (AvgIpc) is 2.83. The number of hydrogen-bond acceptors (Lipinski definition) is 0. The van der Waals surface area contributed by atoms with Gasteiger partial charge in [0.2, 0.25) is 0 Å². The fourth-order valence-electron chi connectivity index (χ4n) is 2.85. The maximum Gasteiger partial charge on any atom is 0.253 e. The Bertz CT molecular complexity index is 1070. The highest BCUT2D eigenvalue weighted by Crippen LogP contribution is 2.15. The Morgan fingerprint density at radius 1 is 0.471 bits per heavy atom. The maximum absolute atomic E-state index is 14.3. The molecule has 0 radical (unpaired) electrons. The van der Waals surface area contributed by atoms with Crippen molar-refractivity contribution in [3.63, 3.8) is 0 Å². The monoisotopic (exact) mass is 506 g/mol. The number of halogens is 12. The predicted octanol–water partition coefficient (Wildman–Crippen LogP) is 5.21. The summed E-state index contributed by atoms with van der Waals surface area (Å²) in [7, 11) is 1.50. The second kappa shape index (κ2) is 14.2. The Labute approximate surface area is 186 Å². The molecule has 0 heterocycles. The first-order valence-corrected chi connectivity index (χ1v) is 8.67. The number of rotatable bonds is 3. The van der Waals surface area contributed by atoms with Crippen LogP contribution in [0.3, 0.4) is 0 Å². The van der Waals surface area contributed by atoms with Crippen LogP contribution in [0.2, 0.25) is 0 Å². The summed E-state index contributed by atoms with van der Waals surface area (Å²) in [4.78, 5) is 0. The van der Waals surface area contributed by atoms with Crippen molar-refractivity contribution in [1.29, 1.82) is 0 Å². The van der Waals surface area contributed by atoms with Crippen molar-refractivity contribution in [1.82, 2.24) is 0 Å². The summed E-state index contributed by atoms with van der Waals surface area (Å²) < 4.78 is 153. The largest absolute Gasteiger partial charge is 0.255 e. The Hall–Kier alpha value is -3.12. The Morgan fingerprint density at radius 2 is 0.941 bits per heavy atom. The lowest BCUT2D eigenvalue weighted by atomic mass is 9.36. The van der Waals surface area contributed by atoms with E-state index < -0.39 is 75.5 Å². The third-order valence-electron chi connectivity index (χ3n) is 4.03. The van der Waals surface area contributed by atoms with Gasteiger partial charge in [-0.25, -0.2) is 39.5 Å². The van der Waals surface area contributed by atoms with Gasteiger partial charge in [-0.1, -0.05) is 11.5 Å². The molecule has 0 aromatic heterocycles. The summed E-state index contributed by atoms with van der Waals surface area (Å²) >= 11 is 0. The van der Waals surface area contributed by atoms with Gasteiger partial charge in [-0.15, -0.1) is 0 Å². The molecule has 0 aliphatic heterocycles. The van der Waals surface area contributed by atoms with Crippen molar-refractivity contribution in [3.05, 3.63) is 88.8 Å². The van der Waals surface area contributed by atoms with E-state index in [1.807, 2.05) is 0 Å². The first-order valence-electron chi connectivity index (χ1n) is 8.67. The van der Waals surface area contributed by atoms with E-state index in [1.54, 1.807) is 0 Å². The first-order chi connectivity index (χ1) is 16.1. The molecule has 0 amide bonds. The summed E-state index contributed by atoms with van der Waals surface area (Å²) in [5.74, 6) is -16.0. The van der Waals surface area contributed by atoms with Crippen molar-refractivity contribution in [2.24, 2.45) is 0 Å². The molecule has 0 aliphatic carbocycles. The van der Waals surface area contributed by atoms with Gasteiger partial charge in [0.25, 0.3) is 6.71 Å². The standard InChI is InChI=1S/C18H6BF9.3CH3F/c20-8-3-7(4-9(21)5-8)19(10-1-2-11(22)16(26)15(10)25)14-12(23)6-13(24)17(27)18(14)28;3*1-2/h1-6H;3*1H3. The van der Waals surface area contributed by atoms with Gasteiger partial charge in [0.1, 0.15) is 17.5 Å². The van der Waals surface area contributed by atoms with Gasteiger partial charge in [-0.05, 0) is 23.7 Å². The number of alkyl halides is 3. The summed E-state index contributed by atoms with van der Waals surface area (Å²) in [6.07, 6.45) is 0. The van der Waals surface area contributed by atoms with E-state index in [1.165, 1.54) is 0 Å². The van der Waals surface area contributed by atoms with Crippen molar-refractivity contribution in [2.45, 2.75) is 0 Å². The Morgan fingerprint density at radius 3 is 1.44 bits per heavy atom. The lowest BCUT2D eigenvalue weighted by Gasteiger charge is -2.18. The normalized spacial score (nSPS) is 9.62. The molecule has 0 bridgehead atoms. The number of benzene rings is 3. The highest BCUT2D eigenvalue weighted by Gasteiger charge is 2.35. The second-order valence-electron chi connectivity index (χ2n) is 5.78. The van der Waals surface area contributed by atoms with Crippen LogP contribution >= 0.6 is 0 Å². The van der Waals surface area contributed by atoms with Gasteiger partial charge in [-0.2, -0.15) is 0 Å². The lowest BCUT2D eigenvalue weighted by molar-refractivity contribution is 0.440. The zero-order chi connectivity index (χ0) is 26.7. The van der Waals surface area contributed by atoms with E-state index >= 15 is 0 Å². The van der Waals surface area contributed by atoms with Gasteiger partial charge < -0.3 is 0 Å². The van der Waals surface area contributed by atoms with Crippen LogP contribution < -0.4 is 16.4 Å². The molecule has 3 aromatic rings. The maximum atomic E-state index is 14.3. The van der Waals surface area contributed by atoms with Crippen LogP contribution in [0.5, 0.6) is 0 Å². The molecular formula is C21H15BF12. The van der Waals surface area contributed by atoms with Crippen molar-refractivity contribution < 1.29 is 52.7 Å². The highest BCUT2D eigenvalue weighted by molar-refractivity contribution is 6.95. The van der Waals surface area contributed by atoms with Crippen molar-refractivity contribution >= 4 is 23.1 Å². The van der Waals surface area contributed by atoms with Gasteiger partial charge in [0, 0.05) is 17.6 Å². The molecule has 0 unspecified atom stereocenters. The third-order valence-corrected chi connectivity index (χ3v) is 4.03. The summed E-state index contributed by atoms with van der Waals surface area (Å²) in [6.45, 7) is -2.16. The fraction of sp³-hybridized carbons (Fsp3) is 0.143. The minimum Gasteiger partial charge on any atom is -0.255 e. The van der Waals surface area contributed by atoms with Gasteiger partial charge in [0.15, 0.2) is 34.9 Å². The fourth-order valence-corrected chi connectivity index (χ4v) is 2.85. The van der Waals surface area contributed by atoms with E-state index in [-0.39, 0.29) is 6.07 Å². The van der Waals surface area contributed by atoms with Crippen LogP contribution in [-0.2, 0) is 0 Å². The van der Waals surface area contributed by atoms with Crippen LogP contribution in [0, 0.1) is 52.4 Å². The Balaban J connectivity index is 0.00000168. The van der Waals surface area contributed by atoms with Crippen LogP contribution in [0.4, 0.5) is 52.7 Å². The molecule has 186 valence electrons. The van der Waals surface area contributed by atoms with Crippen LogP contribution in [0.1, 0.15) is 0 Å². The van der Waals surface area contributed by atoms with Gasteiger partial charge >= 0.3 is 0 Å². The molecular weight excluding hydrogens is 491 g/mol. The van der Waals surface area contributed by atoms with Gasteiger partial charge in [-0.3, -0.25) is 13.2 Å². The first kappa shape index (κ1) is 30.9. The minimum atomic E-state index is -2.16. The minimum absolute atomic E-state index is 0.0613. The highest BCUT2D eigenvalue weighted by atomic mass is 19.2. The number of hydrogen-bond donors (Lipinski definition) is 0. The quantitative estimate of drug-likeness (QED) is 0.198. The topological polar surface area (TPSA) is 0 Å². The molecule has 0 N–H and O–H groups in total. The molecule has 3 rings (SSSR count). The van der Waals surface area contributed by atoms with Crippen LogP contribution in [-0.4, -0.2) is 28.2 Å². The summed E-state index contributed by atoms with van der Waals surface area (Å²) in [5.41, 5.74) is -2.94. The van der Waals surface area contributed by atoms with Crippen LogP contribution in [0.15, 0.2) is 36.4 Å². The zero-order valence-corrected chi connectivity index (χ0v) is 17.6. The lowest BCUT2D eigenvalue weighted by Crippen LogP contribution is -2.56. The van der Waals surface area contributed by atoms with Crippen molar-refractivity contribution in [2.75, 3.05) is 21.5 Å². The van der Waals surface area contributed by atoms with E-state index in [9.17, 15) is 52.7 Å². The van der Waals surface area contributed by atoms with Gasteiger partial charge in [0.05, 0.1) is 21.5 Å². The third kappa shape index (κ3) is 6.70. The van der Waals surface area contributed by atoms with E-state index in [0.717, 1.165) is 0 Å². The molecule has 13 heteroatoms. The van der Waals surface area contributed by atoms with E-state index in [4.69, 9.17) is 0 Å². The molecule has 3 aromatic carbocycles. The average molecular weight is 506 g/mol. The van der Waals surface area contributed by atoms with Crippen molar-refractivity contribution in [3.8, 4) is 0 Å². The zero-order valence-electron chi connectivity index (χ0n) is 17.6. The van der Waals surface area contributed by atoms with E-state index in [2.05, 4.69) is 0 Å². The molecule has 0 aliphatic rings.